The van der Waals surface area contributed by atoms with Crippen LogP contribution in [0.25, 0.3) is 10.2 Å². The molecule has 0 aliphatic carbocycles. The van der Waals surface area contributed by atoms with E-state index >= 15 is 0 Å². The maximum atomic E-state index is 5.59. The molecular formula is C17H26N2OS. The Kier molecular flexibility index (Phi) is 5.73. The SMILES string of the molecule is CCCNC(Cc1nc2ccccc2s1)CC(C)(C)OC. The van der Waals surface area contributed by atoms with E-state index in [1.165, 1.54) is 9.71 Å². The fourth-order valence-corrected chi connectivity index (χ4v) is 3.51. The Morgan fingerprint density at radius 1 is 1.33 bits per heavy atom. The fraction of sp³-hybridized carbons (Fsp3) is 0.588. The molecule has 0 aliphatic rings. The summed E-state index contributed by atoms with van der Waals surface area (Å²) in [5, 5.41) is 4.84. The monoisotopic (exact) mass is 306 g/mol. The van der Waals surface area contributed by atoms with Gasteiger partial charge in [0, 0.05) is 19.6 Å². The van der Waals surface area contributed by atoms with E-state index < -0.39 is 0 Å². The molecule has 0 bridgehead atoms. The van der Waals surface area contributed by atoms with Gasteiger partial charge in [0.15, 0.2) is 0 Å². The van der Waals surface area contributed by atoms with E-state index in [0.717, 1.165) is 31.3 Å². The summed E-state index contributed by atoms with van der Waals surface area (Å²) in [5.41, 5.74) is 1.000. The Bertz CT molecular complexity index is 532. The van der Waals surface area contributed by atoms with Crippen LogP contribution < -0.4 is 5.32 Å². The van der Waals surface area contributed by atoms with Crippen molar-refractivity contribution in [3.63, 3.8) is 0 Å². The largest absolute Gasteiger partial charge is 0.379 e. The number of fused-ring (bicyclic) bond motifs is 1. The van der Waals surface area contributed by atoms with Gasteiger partial charge in [0.1, 0.15) is 0 Å². The number of para-hydroxylation sites is 1. The van der Waals surface area contributed by atoms with E-state index in [0.29, 0.717) is 6.04 Å². The molecule has 4 heteroatoms. The van der Waals surface area contributed by atoms with Crippen LogP contribution in [0, 0.1) is 0 Å². The van der Waals surface area contributed by atoms with Crippen LogP contribution in [0.2, 0.25) is 0 Å². The van der Waals surface area contributed by atoms with E-state index in [1.807, 2.05) is 6.07 Å². The van der Waals surface area contributed by atoms with Gasteiger partial charge in [-0.25, -0.2) is 4.98 Å². The number of thiazole rings is 1. The van der Waals surface area contributed by atoms with Gasteiger partial charge in [0.05, 0.1) is 20.8 Å². The topological polar surface area (TPSA) is 34.2 Å². The lowest BCUT2D eigenvalue weighted by Crippen LogP contribution is -2.39. The average molecular weight is 306 g/mol. The molecule has 1 aromatic carbocycles. The minimum absolute atomic E-state index is 0.109. The van der Waals surface area contributed by atoms with Crippen molar-refractivity contribution in [2.45, 2.75) is 51.7 Å². The molecule has 2 aromatic rings. The van der Waals surface area contributed by atoms with E-state index in [4.69, 9.17) is 9.72 Å². The van der Waals surface area contributed by atoms with Gasteiger partial charge in [-0.1, -0.05) is 19.1 Å². The van der Waals surface area contributed by atoms with Crippen LogP contribution in [0.1, 0.15) is 38.6 Å². The zero-order valence-electron chi connectivity index (χ0n) is 13.5. The van der Waals surface area contributed by atoms with E-state index in [9.17, 15) is 0 Å². The highest BCUT2D eigenvalue weighted by atomic mass is 32.1. The average Bonchev–Trinajstić information content (AvgIpc) is 2.86. The Balaban J connectivity index is 2.09. The van der Waals surface area contributed by atoms with Crippen LogP contribution >= 0.6 is 11.3 Å². The second kappa shape index (κ2) is 7.34. The number of nitrogens with one attached hydrogen (secondary N) is 1. The first-order valence-electron chi connectivity index (χ1n) is 7.67. The van der Waals surface area contributed by atoms with Crippen molar-refractivity contribution >= 4 is 21.6 Å². The second-order valence-corrected chi connectivity index (χ2v) is 7.21. The van der Waals surface area contributed by atoms with E-state index in [1.54, 1.807) is 18.4 Å². The number of hydrogen-bond donors (Lipinski definition) is 1. The van der Waals surface area contributed by atoms with Gasteiger partial charge >= 0.3 is 0 Å². The molecule has 0 saturated carbocycles. The smallest absolute Gasteiger partial charge is 0.0954 e. The van der Waals surface area contributed by atoms with Gasteiger partial charge in [-0.15, -0.1) is 11.3 Å². The molecule has 0 fully saturated rings. The number of aromatic nitrogens is 1. The van der Waals surface area contributed by atoms with Crippen molar-refractivity contribution in [2.24, 2.45) is 0 Å². The maximum absolute atomic E-state index is 5.59. The third-order valence-electron chi connectivity index (χ3n) is 3.73. The van der Waals surface area contributed by atoms with Gasteiger partial charge in [-0.05, 0) is 45.4 Å². The fourth-order valence-electron chi connectivity index (χ4n) is 2.46. The van der Waals surface area contributed by atoms with Crippen molar-refractivity contribution in [1.82, 2.24) is 10.3 Å². The molecule has 1 N–H and O–H groups in total. The van der Waals surface area contributed by atoms with Crippen LogP contribution in [0.5, 0.6) is 0 Å². The Hall–Kier alpha value is -0.970. The maximum Gasteiger partial charge on any atom is 0.0954 e. The summed E-state index contributed by atoms with van der Waals surface area (Å²) in [7, 11) is 1.79. The van der Waals surface area contributed by atoms with Crippen LogP contribution in [0.4, 0.5) is 0 Å². The molecule has 0 aliphatic heterocycles. The molecule has 0 amide bonds. The third kappa shape index (κ3) is 4.77. The normalized spacial score (nSPS) is 13.7. The zero-order chi connectivity index (χ0) is 15.3. The Morgan fingerprint density at radius 2 is 2.10 bits per heavy atom. The van der Waals surface area contributed by atoms with Crippen LogP contribution in [-0.4, -0.2) is 30.3 Å². The lowest BCUT2D eigenvalue weighted by molar-refractivity contribution is 0.00714. The summed E-state index contributed by atoms with van der Waals surface area (Å²) in [5.74, 6) is 0. The highest BCUT2D eigenvalue weighted by Gasteiger charge is 2.23. The summed E-state index contributed by atoms with van der Waals surface area (Å²) in [6.45, 7) is 7.52. The summed E-state index contributed by atoms with van der Waals surface area (Å²) in [6.07, 6.45) is 3.09. The zero-order valence-corrected chi connectivity index (χ0v) is 14.3. The van der Waals surface area contributed by atoms with Crippen LogP contribution in [0.3, 0.4) is 0 Å². The Morgan fingerprint density at radius 3 is 2.76 bits per heavy atom. The van der Waals surface area contributed by atoms with Crippen LogP contribution in [0.15, 0.2) is 24.3 Å². The van der Waals surface area contributed by atoms with Crippen molar-refractivity contribution in [3.05, 3.63) is 29.3 Å². The number of benzene rings is 1. The van der Waals surface area contributed by atoms with Gasteiger partial charge in [-0.2, -0.15) is 0 Å². The van der Waals surface area contributed by atoms with E-state index in [2.05, 4.69) is 44.3 Å². The first-order chi connectivity index (χ1) is 10.0. The third-order valence-corrected chi connectivity index (χ3v) is 4.79. The minimum Gasteiger partial charge on any atom is -0.379 e. The number of nitrogens with zero attached hydrogens (tertiary/aromatic N) is 1. The molecule has 0 spiro atoms. The van der Waals surface area contributed by atoms with Gasteiger partial charge in [-0.3, -0.25) is 0 Å². The molecule has 1 aromatic heterocycles. The predicted molar refractivity (Wildman–Crippen MR) is 91.1 cm³/mol. The van der Waals surface area contributed by atoms with Gasteiger partial charge < -0.3 is 10.1 Å². The molecule has 2 rings (SSSR count). The van der Waals surface area contributed by atoms with Crippen molar-refractivity contribution in [1.29, 1.82) is 0 Å². The highest BCUT2D eigenvalue weighted by Crippen LogP contribution is 2.24. The molecule has 1 heterocycles. The minimum atomic E-state index is -0.109. The lowest BCUT2D eigenvalue weighted by atomic mass is 9.96. The second-order valence-electron chi connectivity index (χ2n) is 6.10. The number of methoxy groups -OCH3 is 1. The van der Waals surface area contributed by atoms with Crippen LogP contribution in [-0.2, 0) is 11.2 Å². The summed E-state index contributed by atoms with van der Waals surface area (Å²) < 4.78 is 6.86. The molecule has 116 valence electrons. The molecule has 1 atom stereocenters. The molecule has 21 heavy (non-hydrogen) atoms. The summed E-state index contributed by atoms with van der Waals surface area (Å²) in [6, 6.07) is 8.76. The standard InChI is InChI=1S/C17H26N2OS/c1-5-10-18-13(12-17(2,3)20-4)11-16-19-14-8-6-7-9-15(14)21-16/h6-9,13,18H,5,10-12H2,1-4H3. The highest BCUT2D eigenvalue weighted by molar-refractivity contribution is 7.18. The molecular weight excluding hydrogens is 280 g/mol. The number of ether oxygens (including phenoxy) is 1. The Labute approximate surface area is 131 Å². The summed E-state index contributed by atoms with van der Waals surface area (Å²) >= 11 is 1.80. The first kappa shape index (κ1) is 16.4. The lowest BCUT2D eigenvalue weighted by Gasteiger charge is -2.28. The predicted octanol–water partition coefficient (Wildman–Crippen LogP) is 4.02. The molecule has 3 nitrogen and oxygen atoms in total. The van der Waals surface area contributed by atoms with E-state index in [-0.39, 0.29) is 5.60 Å². The van der Waals surface area contributed by atoms with Crippen molar-refractivity contribution in [3.8, 4) is 0 Å². The number of hydrogen-bond acceptors (Lipinski definition) is 4. The molecule has 1 unspecified atom stereocenters. The number of rotatable bonds is 8. The molecule has 0 saturated heterocycles. The van der Waals surface area contributed by atoms with Gasteiger partial charge in [0.25, 0.3) is 0 Å². The first-order valence-corrected chi connectivity index (χ1v) is 8.48. The van der Waals surface area contributed by atoms with Crippen molar-refractivity contribution < 1.29 is 4.74 Å². The van der Waals surface area contributed by atoms with Gasteiger partial charge in [0.2, 0.25) is 0 Å². The van der Waals surface area contributed by atoms with Crippen molar-refractivity contribution in [2.75, 3.05) is 13.7 Å². The molecule has 0 radical (unpaired) electrons. The quantitative estimate of drug-likeness (QED) is 0.800. The summed E-state index contributed by atoms with van der Waals surface area (Å²) in [4.78, 5) is 4.75.